The molecule has 0 aliphatic carbocycles. The first-order chi connectivity index (χ1) is 15.1. The number of halogens is 1. The van der Waals surface area contributed by atoms with Gasteiger partial charge in [-0.15, -0.1) is 0 Å². The van der Waals surface area contributed by atoms with Gasteiger partial charge in [-0.1, -0.05) is 18.2 Å². The summed E-state index contributed by atoms with van der Waals surface area (Å²) in [5.41, 5.74) is -0.587. The van der Waals surface area contributed by atoms with Crippen molar-refractivity contribution in [2.24, 2.45) is 0 Å². The zero-order valence-electron chi connectivity index (χ0n) is 17.1. The SMILES string of the molecule is CC(OC(=O)CN1C(=O)c2cccc([N+](=O)[O-])c2C1=O)C(=O)N(C)Cc1cccc(F)c1. The van der Waals surface area contributed by atoms with Gasteiger partial charge in [0, 0.05) is 19.7 Å². The fraction of sp³-hybridized carbons (Fsp3) is 0.238. The van der Waals surface area contributed by atoms with Crippen LogP contribution in [-0.4, -0.2) is 58.1 Å². The minimum absolute atomic E-state index is 0.0700. The number of likely N-dealkylation sites (N-methyl/N-ethyl adjacent to an activating group) is 1. The molecule has 1 atom stereocenters. The highest BCUT2D eigenvalue weighted by Gasteiger charge is 2.42. The minimum Gasteiger partial charge on any atom is -0.451 e. The summed E-state index contributed by atoms with van der Waals surface area (Å²) >= 11 is 0. The van der Waals surface area contributed by atoms with Crippen LogP contribution in [0.15, 0.2) is 42.5 Å². The van der Waals surface area contributed by atoms with E-state index in [1.807, 2.05) is 0 Å². The summed E-state index contributed by atoms with van der Waals surface area (Å²) in [5, 5.41) is 11.1. The highest BCUT2D eigenvalue weighted by Crippen LogP contribution is 2.30. The molecule has 0 saturated heterocycles. The number of hydrogen-bond donors (Lipinski definition) is 0. The monoisotopic (exact) mass is 443 g/mol. The lowest BCUT2D eigenvalue weighted by molar-refractivity contribution is -0.385. The molecule has 32 heavy (non-hydrogen) atoms. The summed E-state index contributed by atoms with van der Waals surface area (Å²) in [6.07, 6.45) is -1.24. The van der Waals surface area contributed by atoms with Crippen LogP contribution in [0.4, 0.5) is 10.1 Å². The van der Waals surface area contributed by atoms with Crippen LogP contribution in [0.5, 0.6) is 0 Å². The topological polar surface area (TPSA) is 127 Å². The number of imide groups is 1. The van der Waals surface area contributed by atoms with Crippen LogP contribution in [0, 0.1) is 15.9 Å². The Hall–Kier alpha value is -4.15. The average molecular weight is 443 g/mol. The molecule has 3 amide bonds. The normalized spacial score (nSPS) is 13.5. The summed E-state index contributed by atoms with van der Waals surface area (Å²) in [6.45, 7) is 0.574. The molecular weight excluding hydrogens is 425 g/mol. The maximum Gasteiger partial charge on any atom is 0.326 e. The third kappa shape index (κ3) is 4.46. The van der Waals surface area contributed by atoms with Gasteiger partial charge in [0.1, 0.15) is 17.9 Å². The van der Waals surface area contributed by atoms with Crippen LogP contribution in [0.3, 0.4) is 0 Å². The molecular formula is C21H18FN3O7. The van der Waals surface area contributed by atoms with Gasteiger partial charge in [0.05, 0.1) is 10.5 Å². The standard InChI is InChI=1S/C21H18FN3O7/c1-12(19(27)23(2)10-13-5-3-6-14(22)9-13)32-17(26)11-24-20(28)15-7-4-8-16(25(30)31)18(15)21(24)29/h3-9,12H,10-11H2,1-2H3. The van der Waals surface area contributed by atoms with E-state index in [4.69, 9.17) is 4.74 Å². The summed E-state index contributed by atoms with van der Waals surface area (Å²) in [6, 6.07) is 9.26. The molecule has 3 rings (SSSR count). The molecule has 0 saturated carbocycles. The third-order valence-corrected chi connectivity index (χ3v) is 4.80. The molecule has 11 heteroatoms. The van der Waals surface area contributed by atoms with Crippen LogP contribution in [0.1, 0.15) is 33.2 Å². The smallest absolute Gasteiger partial charge is 0.326 e. The molecule has 1 aliphatic heterocycles. The van der Waals surface area contributed by atoms with Crippen LogP contribution >= 0.6 is 0 Å². The lowest BCUT2D eigenvalue weighted by Crippen LogP contribution is -2.41. The van der Waals surface area contributed by atoms with Gasteiger partial charge in [-0.2, -0.15) is 0 Å². The number of ether oxygens (including phenoxy) is 1. The third-order valence-electron chi connectivity index (χ3n) is 4.80. The molecule has 1 aliphatic rings. The van der Waals surface area contributed by atoms with Gasteiger partial charge < -0.3 is 9.64 Å². The lowest BCUT2D eigenvalue weighted by Gasteiger charge is -2.22. The fourth-order valence-electron chi connectivity index (χ4n) is 3.32. The molecule has 10 nitrogen and oxygen atoms in total. The van der Waals surface area contributed by atoms with Crippen molar-refractivity contribution in [1.82, 2.24) is 9.80 Å². The van der Waals surface area contributed by atoms with E-state index in [-0.39, 0.29) is 12.1 Å². The number of rotatable bonds is 7. The number of nitrogens with zero attached hydrogens (tertiary/aromatic N) is 3. The fourth-order valence-corrected chi connectivity index (χ4v) is 3.32. The first-order valence-electron chi connectivity index (χ1n) is 9.42. The van der Waals surface area contributed by atoms with Gasteiger partial charge in [0.2, 0.25) is 0 Å². The zero-order valence-corrected chi connectivity index (χ0v) is 17.1. The number of carbonyl (C=O) groups excluding carboxylic acids is 4. The maximum absolute atomic E-state index is 13.3. The predicted molar refractivity (Wildman–Crippen MR) is 107 cm³/mol. The Labute approximate surface area is 181 Å². The Morgan fingerprint density at radius 3 is 2.53 bits per heavy atom. The van der Waals surface area contributed by atoms with Crippen molar-refractivity contribution >= 4 is 29.4 Å². The molecule has 166 valence electrons. The second kappa shape index (κ2) is 8.92. The highest BCUT2D eigenvalue weighted by atomic mass is 19.1. The first-order valence-corrected chi connectivity index (χ1v) is 9.42. The van der Waals surface area contributed by atoms with Crippen molar-refractivity contribution < 1.29 is 33.2 Å². The van der Waals surface area contributed by atoms with Crippen LogP contribution in [0.2, 0.25) is 0 Å². The molecule has 0 radical (unpaired) electrons. The number of benzene rings is 2. The van der Waals surface area contributed by atoms with Gasteiger partial charge in [-0.05, 0) is 30.7 Å². The molecule has 1 unspecified atom stereocenters. The molecule has 2 aromatic rings. The van der Waals surface area contributed by atoms with E-state index in [1.165, 1.54) is 49.2 Å². The van der Waals surface area contributed by atoms with E-state index >= 15 is 0 Å². The molecule has 0 spiro atoms. The first kappa shape index (κ1) is 22.5. The largest absolute Gasteiger partial charge is 0.451 e. The lowest BCUT2D eigenvalue weighted by atomic mass is 10.1. The molecule has 0 bridgehead atoms. The average Bonchev–Trinajstić information content (AvgIpc) is 2.97. The number of carbonyl (C=O) groups is 4. The second-order valence-corrected chi connectivity index (χ2v) is 7.11. The Morgan fingerprint density at radius 2 is 1.88 bits per heavy atom. The van der Waals surface area contributed by atoms with E-state index < -0.39 is 58.3 Å². The van der Waals surface area contributed by atoms with Crippen molar-refractivity contribution in [3.8, 4) is 0 Å². The second-order valence-electron chi connectivity index (χ2n) is 7.11. The van der Waals surface area contributed by atoms with Crippen molar-refractivity contribution in [1.29, 1.82) is 0 Å². The van der Waals surface area contributed by atoms with Crippen molar-refractivity contribution in [3.05, 3.63) is 75.1 Å². The number of amides is 3. The van der Waals surface area contributed by atoms with Crippen LogP contribution in [0.25, 0.3) is 0 Å². The summed E-state index contributed by atoms with van der Waals surface area (Å²) in [5.74, 6) is -3.93. The molecule has 1 heterocycles. The van der Waals surface area contributed by atoms with Gasteiger partial charge in [-0.25, -0.2) is 4.39 Å². The van der Waals surface area contributed by atoms with Crippen LogP contribution in [-0.2, 0) is 20.9 Å². The van der Waals surface area contributed by atoms with E-state index in [9.17, 15) is 33.7 Å². The van der Waals surface area contributed by atoms with Crippen molar-refractivity contribution in [3.63, 3.8) is 0 Å². The van der Waals surface area contributed by atoms with Gasteiger partial charge >= 0.3 is 5.97 Å². The van der Waals surface area contributed by atoms with E-state index in [1.54, 1.807) is 6.07 Å². The Morgan fingerprint density at radius 1 is 1.19 bits per heavy atom. The minimum atomic E-state index is -1.24. The Bertz CT molecular complexity index is 1130. The van der Waals surface area contributed by atoms with Gasteiger partial charge in [0.15, 0.2) is 6.10 Å². The number of fused-ring (bicyclic) bond motifs is 1. The number of nitro benzene ring substituents is 1. The Balaban J connectivity index is 1.63. The molecule has 0 N–H and O–H groups in total. The molecule has 2 aromatic carbocycles. The van der Waals surface area contributed by atoms with E-state index in [0.29, 0.717) is 10.5 Å². The summed E-state index contributed by atoms with van der Waals surface area (Å²) in [7, 11) is 1.45. The maximum atomic E-state index is 13.3. The van der Waals surface area contributed by atoms with Gasteiger partial charge in [0.25, 0.3) is 23.4 Å². The number of hydrogen-bond acceptors (Lipinski definition) is 7. The van der Waals surface area contributed by atoms with Gasteiger partial charge in [-0.3, -0.25) is 34.2 Å². The quantitative estimate of drug-likeness (QED) is 0.277. The van der Waals surface area contributed by atoms with Crippen LogP contribution < -0.4 is 0 Å². The molecule has 0 aromatic heterocycles. The number of esters is 1. The van der Waals surface area contributed by atoms with E-state index in [2.05, 4.69) is 0 Å². The van der Waals surface area contributed by atoms with Crippen molar-refractivity contribution in [2.75, 3.05) is 13.6 Å². The number of nitro groups is 1. The van der Waals surface area contributed by atoms with Crippen molar-refractivity contribution in [2.45, 2.75) is 19.6 Å². The summed E-state index contributed by atoms with van der Waals surface area (Å²) in [4.78, 5) is 61.8. The zero-order chi connectivity index (χ0) is 23.6. The highest BCUT2D eigenvalue weighted by molar-refractivity contribution is 6.24. The predicted octanol–water partition coefficient (Wildman–Crippen LogP) is 1.92. The van der Waals surface area contributed by atoms with E-state index in [0.717, 1.165) is 6.07 Å². The summed E-state index contributed by atoms with van der Waals surface area (Å²) < 4.78 is 18.3. The Kier molecular flexibility index (Phi) is 6.28. The molecule has 0 fully saturated rings.